The molecule has 0 bridgehead atoms. The van der Waals surface area contributed by atoms with Gasteiger partial charge in [-0.25, -0.2) is 9.97 Å². The number of nitrogen functional groups attached to an aromatic ring is 1. The monoisotopic (exact) mass is 294 g/mol. The number of aromatic amines is 1. The highest BCUT2D eigenvalue weighted by molar-refractivity contribution is 14.1. The van der Waals surface area contributed by atoms with Gasteiger partial charge in [0.25, 0.3) is 0 Å². The highest BCUT2D eigenvalue weighted by Gasteiger charge is 2.15. The molecule has 6 heteroatoms. The Morgan fingerprint density at radius 1 is 1.58 bits per heavy atom. The summed E-state index contributed by atoms with van der Waals surface area (Å²) in [6.45, 7) is 0. The molecule has 0 spiro atoms. The van der Waals surface area contributed by atoms with E-state index in [0.717, 1.165) is 9.13 Å². The maximum Gasteiger partial charge on any atom is 0.200 e. The normalized spacial score (nSPS) is 10.8. The standard InChI is InChI=1S/C6H4ClIN4/c7-4-3-2(8)1-10-5(3)12-6(9)11-4/h1H,(H3,9,10,11,12). The summed E-state index contributed by atoms with van der Waals surface area (Å²) < 4.78 is 0.969. The summed E-state index contributed by atoms with van der Waals surface area (Å²) >= 11 is 8.00. The molecule has 3 N–H and O–H groups in total. The Balaban J connectivity index is 2.82. The van der Waals surface area contributed by atoms with Crippen LogP contribution in [0.3, 0.4) is 0 Å². The van der Waals surface area contributed by atoms with Gasteiger partial charge in [0.2, 0.25) is 0 Å². The number of hydrogen-bond donors (Lipinski definition) is 2. The molecule has 0 amide bonds. The first-order valence-corrected chi connectivity index (χ1v) is 4.59. The van der Waals surface area contributed by atoms with Crippen LogP contribution in [0.25, 0.3) is 11.4 Å². The van der Waals surface area contributed by atoms with Crippen molar-refractivity contribution >= 4 is 40.1 Å². The molecule has 12 heavy (non-hydrogen) atoms. The number of nitrogens with one attached hydrogen (secondary N) is 1. The molecule has 4 nitrogen and oxygen atoms in total. The van der Waals surface area contributed by atoms with Crippen LogP contribution in [0.2, 0.25) is 5.15 Å². The number of anilines is 1. The van der Waals surface area contributed by atoms with E-state index in [1.54, 1.807) is 6.20 Å². The van der Waals surface area contributed by atoms with Crippen molar-refractivity contribution in [2.24, 2.45) is 0 Å². The molecule has 0 fully saturated rings. The Morgan fingerprint density at radius 2 is 2.33 bits per heavy atom. The summed E-state index contributed by atoms with van der Waals surface area (Å²) in [5.41, 5.74) is 6.27. The minimum Gasteiger partial charge on any atom is -0.369 e. The number of halogens is 2. The zero-order chi connectivity index (χ0) is 8.72. The van der Waals surface area contributed by atoms with Crippen molar-refractivity contribution in [2.45, 2.75) is 0 Å². The summed E-state index contributed by atoms with van der Waals surface area (Å²) in [6, 6.07) is 0. The van der Waals surface area contributed by atoms with Crippen LogP contribution < -0.4 is 5.73 Å². The van der Waals surface area contributed by atoms with E-state index in [9.17, 15) is 0 Å². The van der Waals surface area contributed by atoms with Crippen LogP contribution in [0.15, 0.2) is 6.20 Å². The predicted octanol–water partition coefficient (Wildman–Crippen LogP) is 1.75. The fourth-order valence-electron chi connectivity index (χ4n) is 0.965. The van der Waals surface area contributed by atoms with Crippen LogP contribution in [-0.4, -0.2) is 15.0 Å². The fraction of sp³-hybridized carbons (Fsp3) is 0. The molecule has 0 saturated carbocycles. The van der Waals surface area contributed by atoms with Crippen molar-refractivity contribution in [1.29, 1.82) is 0 Å². The Bertz CT molecular complexity index is 399. The van der Waals surface area contributed by atoms with Crippen molar-refractivity contribution in [2.75, 3.05) is 5.73 Å². The molecule has 0 aromatic heterocycles. The fourth-order valence-corrected chi connectivity index (χ4v) is 2.06. The first-order chi connectivity index (χ1) is 5.68. The van der Waals surface area contributed by atoms with E-state index in [0.29, 0.717) is 11.0 Å². The van der Waals surface area contributed by atoms with Crippen molar-refractivity contribution in [3.8, 4) is 11.4 Å². The van der Waals surface area contributed by atoms with Crippen molar-refractivity contribution in [1.82, 2.24) is 15.0 Å². The minimum absolute atomic E-state index is 0.280. The largest absolute Gasteiger partial charge is 0.369 e. The van der Waals surface area contributed by atoms with Gasteiger partial charge >= 0.3 is 0 Å². The van der Waals surface area contributed by atoms with Crippen LogP contribution in [0.4, 0.5) is 5.95 Å². The van der Waals surface area contributed by atoms with Gasteiger partial charge in [0.1, 0.15) is 11.0 Å². The number of aromatic nitrogens is 3. The second-order valence-corrected chi connectivity index (χ2v) is 3.76. The molecular formula is C6H4ClIN4. The molecule has 0 unspecified atom stereocenters. The van der Waals surface area contributed by atoms with Crippen LogP contribution in [0, 0.1) is 3.57 Å². The topological polar surface area (TPSA) is 67.6 Å². The molecule has 2 aliphatic heterocycles. The molecule has 0 saturated heterocycles. The average Bonchev–Trinajstić information content (AvgIpc) is 2.31. The molecule has 0 aromatic carbocycles. The first-order valence-electron chi connectivity index (χ1n) is 3.13. The van der Waals surface area contributed by atoms with Gasteiger partial charge in [0.05, 0.1) is 5.56 Å². The summed E-state index contributed by atoms with van der Waals surface area (Å²) in [4.78, 5) is 10.8. The number of nitrogens with two attached hydrogens (primary N) is 1. The average molecular weight is 294 g/mol. The lowest BCUT2D eigenvalue weighted by molar-refractivity contribution is 1.15. The number of fused-ring (bicyclic) bond motifs is 1. The molecule has 0 atom stereocenters. The smallest absolute Gasteiger partial charge is 0.200 e. The van der Waals surface area contributed by atoms with E-state index in [2.05, 4.69) is 37.5 Å². The highest BCUT2D eigenvalue weighted by atomic mass is 127. The van der Waals surface area contributed by atoms with E-state index in [1.165, 1.54) is 0 Å². The summed E-state index contributed by atoms with van der Waals surface area (Å²) in [5.74, 6) is 0.957. The number of rotatable bonds is 0. The second kappa shape index (κ2) is 2.74. The number of H-pyrrole nitrogens is 1. The molecule has 2 aliphatic rings. The van der Waals surface area contributed by atoms with E-state index in [1.807, 2.05) is 0 Å². The SMILES string of the molecule is Nc1nc(Cl)c2c(I)cnc-2[nH]1. The maximum atomic E-state index is 5.85. The second-order valence-electron chi connectivity index (χ2n) is 2.24. The van der Waals surface area contributed by atoms with Crippen molar-refractivity contribution < 1.29 is 0 Å². The van der Waals surface area contributed by atoms with E-state index in [-0.39, 0.29) is 5.95 Å². The van der Waals surface area contributed by atoms with E-state index < -0.39 is 0 Å². The molecular weight excluding hydrogens is 290 g/mol. The van der Waals surface area contributed by atoms with Crippen LogP contribution in [0.5, 0.6) is 0 Å². The quantitative estimate of drug-likeness (QED) is 0.574. The lowest BCUT2D eigenvalue weighted by Gasteiger charge is -2.01. The van der Waals surface area contributed by atoms with Gasteiger partial charge in [0, 0.05) is 9.77 Å². The molecule has 2 heterocycles. The molecule has 2 rings (SSSR count). The Kier molecular flexibility index (Phi) is 1.84. The molecule has 0 aromatic rings. The predicted molar refractivity (Wildman–Crippen MR) is 55.1 cm³/mol. The van der Waals surface area contributed by atoms with Gasteiger partial charge in [-0.15, -0.1) is 0 Å². The zero-order valence-electron chi connectivity index (χ0n) is 5.81. The van der Waals surface area contributed by atoms with Crippen LogP contribution in [-0.2, 0) is 0 Å². The zero-order valence-corrected chi connectivity index (χ0v) is 8.72. The summed E-state index contributed by atoms with van der Waals surface area (Å²) in [5, 5.41) is 0.392. The Labute approximate surface area is 87.0 Å². The van der Waals surface area contributed by atoms with Crippen LogP contribution in [0.1, 0.15) is 0 Å². The summed E-state index contributed by atoms with van der Waals surface area (Å²) in [7, 11) is 0. The van der Waals surface area contributed by atoms with Crippen LogP contribution >= 0.6 is 34.2 Å². The lowest BCUT2D eigenvalue weighted by atomic mass is 10.3. The van der Waals surface area contributed by atoms with E-state index >= 15 is 0 Å². The molecule has 0 aliphatic carbocycles. The number of nitrogens with zero attached hydrogens (tertiary/aromatic N) is 2. The number of hydrogen-bond acceptors (Lipinski definition) is 3. The summed E-state index contributed by atoms with van der Waals surface area (Å²) in [6.07, 6.45) is 1.72. The first kappa shape index (κ1) is 8.06. The van der Waals surface area contributed by atoms with Gasteiger partial charge in [-0.3, -0.25) is 0 Å². The van der Waals surface area contributed by atoms with E-state index in [4.69, 9.17) is 17.3 Å². The van der Waals surface area contributed by atoms with Gasteiger partial charge in [0.15, 0.2) is 5.95 Å². The third kappa shape index (κ3) is 1.13. The van der Waals surface area contributed by atoms with Crippen molar-refractivity contribution in [3.05, 3.63) is 14.9 Å². The lowest BCUT2D eigenvalue weighted by Crippen LogP contribution is -1.98. The van der Waals surface area contributed by atoms with Gasteiger partial charge < -0.3 is 10.7 Å². The van der Waals surface area contributed by atoms with Gasteiger partial charge in [-0.05, 0) is 22.6 Å². The minimum atomic E-state index is 0.280. The highest BCUT2D eigenvalue weighted by Crippen LogP contribution is 2.30. The molecule has 0 radical (unpaired) electrons. The third-order valence-corrected chi connectivity index (χ3v) is 2.55. The maximum absolute atomic E-state index is 5.85. The molecule has 62 valence electrons. The van der Waals surface area contributed by atoms with Gasteiger partial charge in [-0.2, -0.15) is 0 Å². The van der Waals surface area contributed by atoms with Gasteiger partial charge in [-0.1, -0.05) is 11.6 Å². The third-order valence-electron chi connectivity index (χ3n) is 1.45. The Morgan fingerprint density at radius 3 is 3.08 bits per heavy atom. The Hall–Kier alpha value is -0.560. The van der Waals surface area contributed by atoms with Crippen molar-refractivity contribution in [3.63, 3.8) is 0 Å².